The smallest absolute Gasteiger partial charge is 0.265 e. The molecule has 3 heterocycles. The van der Waals surface area contributed by atoms with Gasteiger partial charge in [-0.1, -0.05) is 13.8 Å². The Labute approximate surface area is 139 Å². The largest absolute Gasteiger partial charge is 0.341 e. The number of nitrogens with two attached hydrogens (primary N) is 1. The van der Waals surface area contributed by atoms with Crippen LogP contribution in [0.4, 0.5) is 0 Å². The summed E-state index contributed by atoms with van der Waals surface area (Å²) >= 11 is 1.35. The fraction of sp³-hybridized carbons (Fsp3) is 0.688. The van der Waals surface area contributed by atoms with Gasteiger partial charge in [-0.05, 0) is 11.8 Å². The van der Waals surface area contributed by atoms with Crippen LogP contribution < -0.4 is 5.73 Å². The number of carbonyl (C=O) groups is 2. The molecule has 2 aliphatic heterocycles. The van der Waals surface area contributed by atoms with Gasteiger partial charge in [0.05, 0.1) is 11.7 Å². The van der Waals surface area contributed by atoms with Crippen LogP contribution in [0.3, 0.4) is 0 Å². The molecular weight excluding hydrogens is 312 g/mol. The average Bonchev–Trinajstić information content (AvgIpc) is 2.88. The molecule has 0 bridgehead atoms. The minimum Gasteiger partial charge on any atom is -0.341 e. The topological polar surface area (TPSA) is 79.5 Å². The number of amides is 2. The summed E-state index contributed by atoms with van der Waals surface area (Å²) < 4.78 is 0. The van der Waals surface area contributed by atoms with Crippen molar-refractivity contribution in [2.45, 2.75) is 26.3 Å². The van der Waals surface area contributed by atoms with E-state index in [1.54, 1.807) is 11.7 Å². The number of rotatable bonds is 2. The quantitative estimate of drug-likeness (QED) is 0.868. The molecule has 7 heteroatoms. The van der Waals surface area contributed by atoms with Crippen LogP contribution in [-0.4, -0.2) is 58.8 Å². The first-order valence-corrected chi connectivity index (χ1v) is 8.92. The lowest BCUT2D eigenvalue weighted by molar-refractivity contribution is -0.145. The molecule has 3 fully saturated rings. The van der Waals surface area contributed by atoms with Crippen molar-refractivity contribution in [1.29, 1.82) is 0 Å². The number of aromatic nitrogens is 1. The van der Waals surface area contributed by atoms with E-state index in [9.17, 15) is 9.59 Å². The Bertz CT molecular complexity index is 651. The molecule has 124 valence electrons. The van der Waals surface area contributed by atoms with Crippen LogP contribution in [0, 0.1) is 16.7 Å². The van der Waals surface area contributed by atoms with Crippen molar-refractivity contribution >= 4 is 23.2 Å². The highest BCUT2D eigenvalue weighted by Gasteiger charge is 2.59. The zero-order chi connectivity index (χ0) is 16.4. The minimum absolute atomic E-state index is 0.00734. The molecule has 23 heavy (non-hydrogen) atoms. The summed E-state index contributed by atoms with van der Waals surface area (Å²) in [5.41, 5.74) is 8.03. The Morgan fingerprint density at radius 2 is 1.96 bits per heavy atom. The Morgan fingerprint density at radius 3 is 2.52 bits per heavy atom. The van der Waals surface area contributed by atoms with Gasteiger partial charge < -0.3 is 15.5 Å². The number of nitrogens with zero attached hydrogens (tertiary/aromatic N) is 3. The van der Waals surface area contributed by atoms with Gasteiger partial charge in [-0.15, -0.1) is 11.3 Å². The van der Waals surface area contributed by atoms with Crippen LogP contribution in [0.25, 0.3) is 0 Å². The van der Waals surface area contributed by atoms with Gasteiger partial charge in [0.1, 0.15) is 4.88 Å². The maximum atomic E-state index is 12.5. The van der Waals surface area contributed by atoms with Crippen molar-refractivity contribution in [3.05, 3.63) is 16.6 Å². The molecule has 6 nitrogen and oxygen atoms in total. The normalized spacial score (nSPS) is 30.4. The van der Waals surface area contributed by atoms with Crippen LogP contribution >= 0.6 is 11.3 Å². The lowest BCUT2D eigenvalue weighted by atomic mass is 9.75. The van der Waals surface area contributed by atoms with E-state index in [-0.39, 0.29) is 34.6 Å². The molecule has 3 aliphatic rings. The maximum Gasteiger partial charge on any atom is 0.265 e. The molecular formula is C16H22N4O2S. The third kappa shape index (κ3) is 2.29. The first-order valence-electron chi connectivity index (χ1n) is 8.05. The Kier molecular flexibility index (Phi) is 3.13. The molecule has 2 atom stereocenters. The summed E-state index contributed by atoms with van der Waals surface area (Å²) in [6.45, 7) is 6.86. The van der Waals surface area contributed by atoms with Crippen LogP contribution in [0.1, 0.15) is 29.9 Å². The SMILES string of the molecule is CC1(C)C[C@@H]1C(=O)N1CC2(CN(C(=O)c3cncs3)CC2N)C1. The van der Waals surface area contributed by atoms with Crippen molar-refractivity contribution in [2.24, 2.45) is 22.5 Å². The molecule has 2 saturated heterocycles. The number of likely N-dealkylation sites (tertiary alicyclic amines) is 2. The van der Waals surface area contributed by atoms with E-state index in [0.717, 1.165) is 6.42 Å². The van der Waals surface area contributed by atoms with Crippen molar-refractivity contribution in [3.8, 4) is 0 Å². The molecule has 1 aliphatic carbocycles. The van der Waals surface area contributed by atoms with E-state index in [4.69, 9.17) is 5.73 Å². The predicted molar refractivity (Wildman–Crippen MR) is 86.9 cm³/mol. The summed E-state index contributed by atoms with van der Waals surface area (Å²) in [4.78, 5) is 33.3. The second kappa shape index (κ2) is 4.77. The van der Waals surface area contributed by atoms with E-state index in [1.807, 2.05) is 9.80 Å². The molecule has 1 aromatic rings. The van der Waals surface area contributed by atoms with Crippen LogP contribution in [0.15, 0.2) is 11.7 Å². The van der Waals surface area contributed by atoms with Crippen molar-refractivity contribution < 1.29 is 9.59 Å². The van der Waals surface area contributed by atoms with Gasteiger partial charge in [-0.3, -0.25) is 14.6 Å². The molecule has 2 amide bonds. The van der Waals surface area contributed by atoms with Gasteiger partial charge in [0.2, 0.25) is 5.91 Å². The highest BCUT2D eigenvalue weighted by atomic mass is 32.1. The van der Waals surface area contributed by atoms with E-state index < -0.39 is 0 Å². The second-order valence-corrected chi connectivity index (χ2v) is 8.85. The maximum absolute atomic E-state index is 12.5. The van der Waals surface area contributed by atoms with Gasteiger partial charge in [-0.2, -0.15) is 0 Å². The Hall–Kier alpha value is -1.47. The van der Waals surface area contributed by atoms with Crippen LogP contribution in [0.2, 0.25) is 0 Å². The summed E-state index contributed by atoms with van der Waals surface area (Å²) in [5, 5.41) is 0. The molecule has 2 N–H and O–H groups in total. The number of carbonyl (C=O) groups excluding carboxylic acids is 2. The summed E-state index contributed by atoms with van der Waals surface area (Å²) in [5.74, 6) is 0.445. The number of thiazole rings is 1. The third-order valence-corrected chi connectivity index (χ3v) is 6.54. The molecule has 0 radical (unpaired) electrons. The predicted octanol–water partition coefficient (Wildman–Crippen LogP) is 0.801. The minimum atomic E-state index is -0.116. The molecule has 1 unspecified atom stereocenters. The number of hydrogen-bond acceptors (Lipinski definition) is 5. The van der Waals surface area contributed by atoms with Gasteiger partial charge in [0.15, 0.2) is 0 Å². The molecule has 1 aromatic heterocycles. The Morgan fingerprint density at radius 1 is 1.30 bits per heavy atom. The monoisotopic (exact) mass is 334 g/mol. The highest BCUT2D eigenvalue weighted by Crippen LogP contribution is 2.54. The van der Waals surface area contributed by atoms with Crippen molar-refractivity contribution in [2.75, 3.05) is 26.2 Å². The molecule has 1 spiro atoms. The first-order chi connectivity index (χ1) is 10.8. The highest BCUT2D eigenvalue weighted by molar-refractivity contribution is 7.11. The molecule has 4 rings (SSSR count). The van der Waals surface area contributed by atoms with Crippen LogP contribution in [0.5, 0.6) is 0 Å². The van der Waals surface area contributed by atoms with E-state index in [0.29, 0.717) is 31.1 Å². The summed E-state index contributed by atoms with van der Waals surface area (Å²) in [6.07, 6.45) is 2.59. The fourth-order valence-corrected chi connectivity index (χ4v) is 4.53. The van der Waals surface area contributed by atoms with Gasteiger partial charge in [0, 0.05) is 43.6 Å². The first kappa shape index (κ1) is 15.1. The van der Waals surface area contributed by atoms with Gasteiger partial charge >= 0.3 is 0 Å². The zero-order valence-corrected chi connectivity index (χ0v) is 14.3. The average molecular weight is 334 g/mol. The molecule has 0 aromatic carbocycles. The van der Waals surface area contributed by atoms with E-state index >= 15 is 0 Å². The van der Waals surface area contributed by atoms with Crippen molar-refractivity contribution in [3.63, 3.8) is 0 Å². The standard InChI is InChI=1S/C16H22N4O2S/c1-15(2)3-10(15)13(21)20-7-16(8-20)6-19(5-12(16)17)14(22)11-4-18-9-23-11/h4,9-10,12H,3,5-8,17H2,1-2H3/t10-,12?/m1/s1. The zero-order valence-electron chi connectivity index (χ0n) is 13.5. The lowest BCUT2D eigenvalue weighted by Gasteiger charge is -2.50. The third-order valence-electron chi connectivity index (χ3n) is 5.77. The van der Waals surface area contributed by atoms with Crippen molar-refractivity contribution in [1.82, 2.24) is 14.8 Å². The Balaban J connectivity index is 1.40. The van der Waals surface area contributed by atoms with E-state index in [2.05, 4.69) is 18.8 Å². The van der Waals surface area contributed by atoms with E-state index in [1.165, 1.54) is 11.3 Å². The number of hydrogen-bond donors (Lipinski definition) is 1. The summed E-state index contributed by atoms with van der Waals surface area (Å²) in [6, 6.07) is -0.0596. The van der Waals surface area contributed by atoms with Gasteiger partial charge in [0.25, 0.3) is 5.91 Å². The van der Waals surface area contributed by atoms with Gasteiger partial charge in [-0.25, -0.2) is 0 Å². The van der Waals surface area contributed by atoms with Crippen LogP contribution in [-0.2, 0) is 4.79 Å². The fourth-order valence-electron chi connectivity index (χ4n) is 3.94. The lowest BCUT2D eigenvalue weighted by Crippen LogP contribution is -2.65. The summed E-state index contributed by atoms with van der Waals surface area (Å²) in [7, 11) is 0. The second-order valence-electron chi connectivity index (χ2n) is 7.96. The molecule has 1 saturated carbocycles.